The number of aryl methyl sites for hydroxylation is 2. The molecule has 4 rings (SSSR count). The summed E-state index contributed by atoms with van der Waals surface area (Å²) in [6, 6.07) is 17.5. The van der Waals surface area contributed by atoms with Crippen molar-refractivity contribution in [2.24, 2.45) is 10.1 Å². The Bertz CT molecular complexity index is 1160. The molecule has 1 aromatic heterocycles. The summed E-state index contributed by atoms with van der Waals surface area (Å²) in [4.78, 5) is 16.7. The fraction of sp³-hybridized carbons (Fsp3) is 0.0909. The molecule has 1 N–H and O–H groups in total. The number of hydrogen-bond donors (Lipinski definition) is 1. The van der Waals surface area contributed by atoms with Gasteiger partial charge in [-0.2, -0.15) is 10.2 Å². The number of hydrogen-bond acceptors (Lipinski definition) is 4. The number of aliphatic imine (C=N–C) groups is 1. The Morgan fingerprint density at radius 1 is 1.07 bits per heavy atom. The van der Waals surface area contributed by atoms with Gasteiger partial charge in [-0.3, -0.25) is 4.79 Å². The number of amidine groups is 1. The molecule has 0 radical (unpaired) electrons. The second-order valence-corrected chi connectivity index (χ2v) is 7.00. The number of para-hydroxylation sites is 1. The Hall–Kier alpha value is -3.51. The molecule has 2 aromatic carbocycles. The molecule has 0 unspecified atom stereocenters. The van der Waals surface area contributed by atoms with E-state index in [0.29, 0.717) is 27.8 Å². The fourth-order valence-electron chi connectivity index (χ4n) is 2.90. The van der Waals surface area contributed by atoms with E-state index in [1.54, 1.807) is 17.0 Å². The van der Waals surface area contributed by atoms with Gasteiger partial charge >= 0.3 is 0 Å². The van der Waals surface area contributed by atoms with Crippen molar-refractivity contribution in [1.29, 1.82) is 0 Å². The van der Waals surface area contributed by atoms with Gasteiger partial charge in [0.05, 0.1) is 17.0 Å². The van der Waals surface area contributed by atoms with Crippen LogP contribution in [0.15, 0.2) is 70.3 Å². The van der Waals surface area contributed by atoms with Crippen LogP contribution >= 0.6 is 11.6 Å². The van der Waals surface area contributed by atoms with Gasteiger partial charge in [0.2, 0.25) is 0 Å². The second kappa shape index (κ2) is 7.85. The Morgan fingerprint density at radius 2 is 1.79 bits per heavy atom. The zero-order valence-electron chi connectivity index (χ0n) is 15.9. The van der Waals surface area contributed by atoms with Crippen molar-refractivity contribution in [2.75, 3.05) is 0 Å². The fourth-order valence-corrected chi connectivity index (χ4v) is 3.23. The lowest BCUT2D eigenvalue weighted by Gasteiger charge is -2.02. The van der Waals surface area contributed by atoms with Gasteiger partial charge in [-0.25, -0.2) is 15.1 Å². The Morgan fingerprint density at radius 3 is 2.52 bits per heavy atom. The maximum Gasteiger partial charge on any atom is 0.275 e. The molecule has 0 bridgehead atoms. The van der Waals surface area contributed by atoms with Gasteiger partial charge < -0.3 is 0 Å². The summed E-state index contributed by atoms with van der Waals surface area (Å²) in [5, 5.41) is 8.96. The van der Waals surface area contributed by atoms with E-state index in [2.05, 4.69) is 20.6 Å². The first-order chi connectivity index (χ1) is 14.0. The highest BCUT2D eigenvalue weighted by Crippen LogP contribution is 2.26. The van der Waals surface area contributed by atoms with Crippen molar-refractivity contribution >= 4 is 35.6 Å². The minimum Gasteiger partial charge on any atom is -0.267 e. The molecule has 144 valence electrons. The quantitative estimate of drug-likeness (QED) is 0.528. The molecule has 2 heterocycles. The molecule has 0 saturated carbocycles. The second-order valence-electron chi connectivity index (χ2n) is 6.64. The molecule has 0 aliphatic carbocycles. The van der Waals surface area contributed by atoms with E-state index in [-0.39, 0.29) is 5.91 Å². The molecule has 1 aliphatic heterocycles. The maximum atomic E-state index is 12.3. The third-order valence-corrected chi connectivity index (χ3v) is 4.86. The van der Waals surface area contributed by atoms with Crippen LogP contribution in [-0.2, 0) is 4.79 Å². The number of carbonyl (C=O) groups excluding carboxylic acids is 1. The van der Waals surface area contributed by atoms with Gasteiger partial charge in [0.15, 0.2) is 5.84 Å². The number of nitrogens with one attached hydrogen (secondary N) is 1. The standard InChI is InChI=1S/C22H18ClN5O/c1-14-8-10-16(11-9-14)13-24-21-19(22(29)26-25-21)12-18-15(2)27-28(20(18)23)17-6-4-3-5-7-17/h3-13H,1-2H3,(H,26,29)/b19-12-,24-13?. The highest BCUT2D eigenvalue weighted by molar-refractivity contribution is 6.33. The van der Waals surface area contributed by atoms with Gasteiger partial charge in [-0.1, -0.05) is 59.6 Å². The van der Waals surface area contributed by atoms with Gasteiger partial charge in [-0.05, 0) is 37.6 Å². The normalized spacial score (nSPS) is 15.2. The molecule has 0 fully saturated rings. The summed E-state index contributed by atoms with van der Waals surface area (Å²) in [6.45, 7) is 3.87. The smallest absolute Gasteiger partial charge is 0.267 e. The van der Waals surface area contributed by atoms with E-state index in [0.717, 1.165) is 11.3 Å². The van der Waals surface area contributed by atoms with E-state index in [1.807, 2.05) is 68.4 Å². The predicted molar refractivity (Wildman–Crippen MR) is 116 cm³/mol. The van der Waals surface area contributed by atoms with Crippen LogP contribution in [0.4, 0.5) is 0 Å². The summed E-state index contributed by atoms with van der Waals surface area (Å²) >= 11 is 6.57. The molecule has 7 heteroatoms. The highest BCUT2D eigenvalue weighted by Gasteiger charge is 2.24. The molecule has 0 spiro atoms. The lowest BCUT2D eigenvalue weighted by Crippen LogP contribution is -2.12. The van der Waals surface area contributed by atoms with Crippen molar-refractivity contribution in [3.05, 3.63) is 87.7 Å². The number of carbonyl (C=O) groups is 1. The molecule has 0 saturated heterocycles. The van der Waals surface area contributed by atoms with Crippen LogP contribution in [-0.4, -0.2) is 27.7 Å². The van der Waals surface area contributed by atoms with Crippen molar-refractivity contribution in [3.63, 3.8) is 0 Å². The van der Waals surface area contributed by atoms with E-state index in [1.165, 1.54) is 5.56 Å². The zero-order chi connectivity index (χ0) is 20.4. The number of halogens is 1. The maximum absolute atomic E-state index is 12.3. The zero-order valence-corrected chi connectivity index (χ0v) is 16.7. The topological polar surface area (TPSA) is 71.6 Å². The number of benzene rings is 2. The van der Waals surface area contributed by atoms with Gasteiger partial charge in [0, 0.05) is 11.8 Å². The third-order valence-electron chi connectivity index (χ3n) is 4.50. The average molecular weight is 404 g/mol. The molecule has 1 amide bonds. The van der Waals surface area contributed by atoms with Gasteiger partial charge in [0.1, 0.15) is 5.15 Å². The Balaban J connectivity index is 1.68. The van der Waals surface area contributed by atoms with Crippen molar-refractivity contribution < 1.29 is 4.79 Å². The van der Waals surface area contributed by atoms with Crippen LogP contribution in [0.3, 0.4) is 0 Å². The van der Waals surface area contributed by atoms with Crippen LogP contribution in [0.5, 0.6) is 0 Å². The van der Waals surface area contributed by atoms with Crippen LogP contribution in [0.25, 0.3) is 11.8 Å². The lowest BCUT2D eigenvalue weighted by molar-refractivity contribution is -0.116. The average Bonchev–Trinajstić information content (AvgIpc) is 3.22. The Labute approximate surface area is 173 Å². The van der Waals surface area contributed by atoms with Crippen molar-refractivity contribution in [1.82, 2.24) is 15.2 Å². The van der Waals surface area contributed by atoms with Gasteiger partial charge in [-0.15, -0.1) is 0 Å². The van der Waals surface area contributed by atoms with Crippen LogP contribution < -0.4 is 5.43 Å². The van der Waals surface area contributed by atoms with Crippen LogP contribution in [0.2, 0.25) is 5.15 Å². The largest absolute Gasteiger partial charge is 0.275 e. The van der Waals surface area contributed by atoms with Gasteiger partial charge in [0.25, 0.3) is 5.91 Å². The molecule has 6 nitrogen and oxygen atoms in total. The number of nitrogens with zero attached hydrogens (tertiary/aromatic N) is 4. The molecule has 1 aliphatic rings. The summed E-state index contributed by atoms with van der Waals surface area (Å²) in [5.41, 5.74) is 7.08. The summed E-state index contributed by atoms with van der Waals surface area (Å²) < 4.78 is 1.64. The molecular weight excluding hydrogens is 386 g/mol. The minimum atomic E-state index is -0.330. The Kier molecular flexibility index (Phi) is 5.10. The van der Waals surface area contributed by atoms with Crippen molar-refractivity contribution in [2.45, 2.75) is 13.8 Å². The van der Waals surface area contributed by atoms with Crippen molar-refractivity contribution in [3.8, 4) is 5.69 Å². The van der Waals surface area contributed by atoms with E-state index >= 15 is 0 Å². The summed E-state index contributed by atoms with van der Waals surface area (Å²) in [7, 11) is 0. The first-order valence-corrected chi connectivity index (χ1v) is 9.42. The number of hydrazone groups is 1. The molecule has 29 heavy (non-hydrogen) atoms. The summed E-state index contributed by atoms with van der Waals surface area (Å²) in [5.74, 6) is -0.0255. The molecular formula is C22H18ClN5O. The predicted octanol–water partition coefficient (Wildman–Crippen LogP) is 4.09. The van der Waals surface area contributed by atoms with Crippen LogP contribution in [0.1, 0.15) is 22.4 Å². The third kappa shape index (κ3) is 3.88. The molecule has 0 atom stereocenters. The SMILES string of the molecule is Cc1ccc(C=NC2=NNC(=O)/C2=C\c2c(C)nn(-c3ccccc3)c2Cl)cc1. The highest BCUT2D eigenvalue weighted by atomic mass is 35.5. The first-order valence-electron chi connectivity index (χ1n) is 9.04. The molecule has 3 aromatic rings. The summed E-state index contributed by atoms with van der Waals surface area (Å²) in [6.07, 6.45) is 3.35. The number of aromatic nitrogens is 2. The van der Waals surface area contributed by atoms with E-state index in [4.69, 9.17) is 11.6 Å². The number of rotatable bonds is 3. The lowest BCUT2D eigenvalue weighted by atomic mass is 10.1. The van der Waals surface area contributed by atoms with E-state index < -0.39 is 0 Å². The first kappa shape index (κ1) is 18.8. The van der Waals surface area contributed by atoms with E-state index in [9.17, 15) is 4.79 Å². The monoisotopic (exact) mass is 403 g/mol. The number of amides is 1. The van der Waals surface area contributed by atoms with Crippen LogP contribution in [0, 0.1) is 13.8 Å². The minimum absolute atomic E-state index is 0.304.